The smallest absolute Gasteiger partial charge is 0.313 e. The van der Waals surface area contributed by atoms with E-state index in [-0.39, 0.29) is 12.8 Å². The van der Waals surface area contributed by atoms with Gasteiger partial charge in [0.25, 0.3) is 0 Å². The van der Waals surface area contributed by atoms with E-state index in [1.807, 2.05) is 6.07 Å². The van der Waals surface area contributed by atoms with Gasteiger partial charge in [-0.1, -0.05) is 23.7 Å². The highest BCUT2D eigenvalue weighted by atomic mass is 35.5. The maximum atomic E-state index is 11.3. The minimum absolute atomic E-state index is 0.204. The van der Waals surface area contributed by atoms with Crippen LogP contribution in [-0.4, -0.2) is 11.1 Å². The van der Waals surface area contributed by atoms with Crippen LogP contribution < -0.4 is 0 Å². The van der Waals surface area contributed by atoms with E-state index in [2.05, 4.69) is 0 Å². The first-order valence-corrected chi connectivity index (χ1v) is 5.25. The third-order valence-electron chi connectivity index (χ3n) is 2.67. The van der Waals surface area contributed by atoms with E-state index in [0.29, 0.717) is 10.6 Å². The molecule has 0 spiro atoms. The molecule has 84 valence electrons. The number of halogens is 1. The summed E-state index contributed by atoms with van der Waals surface area (Å²) in [7, 11) is 0. The predicted molar refractivity (Wildman–Crippen MR) is 61.3 cm³/mol. The number of hydrogen-bond donors (Lipinski definition) is 1. The Morgan fingerprint density at radius 3 is 2.81 bits per heavy atom. The van der Waals surface area contributed by atoms with Crippen LogP contribution in [0.3, 0.4) is 0 Å². The summed E-state index contributed by atoms with van der Waals surface area (Å²) in [6.45, 7) is 1.61. The number of rotatable bonds is 4. The molecule has 1 unspecified atom stereocenters. The first kappa shape index (κ1) is 12.5. The predicted octanol–water partition coefficient (Wildman–Crippen LogP) is 2.99. The van der Waals surface area contributed by atoms with Crippen molar-refractivity contribution in [3.05, 3.63) is 34.9 Å². The van der Waals surface area contributed by atoms with E-state index in [4.69, 9.17) is 16.9 Å². The van der Waals surface area contributed by atoms with Gasteiger partial charge in [-0.2, -0.15) is 5.26 Å². The summed E-state index contributed by atoms with van der Waals surface area (Å²) in [5, 5.41) is 18.3. The monoisotopic (exact) mass is 237 g/mol. The SMILES string of the molecule is CC(CCC#N)(C(=O)O)c1cccc(Cl)c1. The lowest BCUT2D eigenvalue weighted by Crippen LogP contribution is -2.32. The fourth-order valence-electron chi connectivity index (χ4n) is 1.51. The van der Waals surface area contributed by atoms with Gasteiger partial charge < -0.3 is 5.11 Å². The lowest BCUT2D eigenvalue weighted by atomic mass is 9.79. The largest absolute Gasteiger partial charge is 0.481 e. The van der Waals surface area contributed by atoms with Crippen LogP contribution in [-0.2, 0) is 10.2 Å². The first-order valence-electron chi connectivity index (χ1n) is 4.87. The van der Waals surface area contributed by atoms with Crippen LogP contribution in [0, 0.1) is 11.3 Å². The quantitative estimate of drug-likeness (QED) is 0.876. The van der Waals surface area contributed by atoms with Gasteiger partial charge in [0.1, 0.15) is 0 Å². The molecule has 0 aromatic heterocycles. The van der Waals surface area contributed by atoms with E-state index in [1.54, 1.807) is 31.2 Å². The lowest BCUT2D eigenvalue weighted by molar-refractivity contribution is -0.143. The summed E-state index contributed by atoms with van der Waals surface area (Å²) in [6.07, 6.45) is 0.481. The van der Waals surface area contributed by atoms with Crippen LogP contribution in [0.5, 0.6) is 0 Å². The molecule has 0 aliphatic heterocycles. The lowest BCUT2D eigenvalue weighted by Gasteiger charge is -2.24. The second-order valence-electron chi connectivity index (χ2n) is 3.81. The Morgan fingerprint density at radius 2 is 2.31 bits per heavy atom. The molecule has 0 aliphatic rings. The highest BCUT2D eigenvalue weighted by Gasteiger charge is 2.34. The average molecular weight is 238 g/mol. The molecule has 0 amide bonds. The zero-order valence-corrected chi connectivity index (χ0v) is 9.66. The molecule has 1 N–H and O–H groups in total. The van der Waals surface area contributed by atoms with Crippen LogP contribution >= 0.6 is 11.6 Å². The summed E-state index contributed by atoms with van der Waals surface area (Å²) in [5.74, 6) is -0.940. The molecule has 1 aromatic rings. The van der Waals surface area contributed by atoms with E-state index >= 15 is 0 Å². The average Bonchev–Trinajstić information content (AvgIpc) is 2.25. The second kappa shape index (κ2) is 5.00. The van der Waals surface area contributed by atoms with E-state index < -0.39 is 11.4 Å². The van der Waals surface area contributed by atoms with E-state index in [1.165, 1.54) is 0 Å². The molecule has 4 heteroatoms. The van der Waals surface area contributed by atoms with Crippen LogP contribution in [0.25, 0.3) is 0 Å². The van der Waals surface area contributed by atoms with Crippen molar-refractivity contribution in [2.24, 2.45) is 0 Å². The summed E-state index contributed by atoms with van der Waals surface area (Å²) >= 11 is 5.83. The molecule has 3 nitrogen and oxygen atoms in total. The molecule has 1 aromatic carbocycles. The Morgan fingerprint density at radius 1 is 1.62 bits per heavy atom. The summed E-state index contributed by atoms with van der Waals surface area (Å²) in [5.41, 5.74) is -0.427. The van der Waals surface area contributed by atoms with Crippen molar-refractivity contribution in [3.63, 3.8) is 0 Å². The minimum Gasteiger partial charge on any atom is -0.481 e. The van der Waals surface area contributed by atoms with Crippen LogP contribution in [0.2, 0.25) is 5.02 Å². The van der Waals surface area contributed by atoms with Crippen molar-refractivity contribution in [3.8, 4) is 6.07 Å². The fourth-order valence-corrected chi connectivity index (χ4v) is 1.70. The number of carboxylic acid groups (broad SMARTS) is 1. The zero-order valence-electron chi connectivity index (χ0n) is 8.90. The highest BCUT2D eigenvalue weighted by Crippen LogP contribution is 2.30. The summed E-state index contributed by atoms with van der Waals surface area (Å²) in [6, 6.07) is 8.72. The van der Waals surface area contributed by atoms with Crippen molar-refractivity contribution in [2.45, 2.75) is 25.2 Å². The topological polar surface area (TPSA) is 61.1 Å². The maximum absolute atomic E-state index is 11.3. The number of hydrogen-bond acceptors (Lipinski definition) is 2. The molecule has 1 rings (SSSR count). The molecular weight excluding hydrogens is 226 g/mol. The van der Waals surface area contributed by atoms with Gasteiger partial charge in [0, 0.05) is 11.4 Å². The van der Waals surface area contributed by atoms with Crippen molar-refractivity contribution >= 4 is 17.6 Å². The van der Waals surface area contributed by atoms with Crippen molar-refractivity contribution in [1.82, 2.24) is 0 Å². The van der Waals surface area contributed by atoms with Crippen molar-refractivity contribution in [2.75, 3.05) is 0 Å². The Hall–Kier alpha value is -1.53. The zero-order chi connectivity index (χ0) is 12.2. The molecule has 0 bridgehead atoms. The summed E-state index contributed by atoms with van der Waals surface area (Å²) < 4.78 is 0. The van der Waals surface area contributed by atoms with Gasteiger partial charge in [0.2, 0.25) is 0 Å². The van der Waals surface area contributed by atoms with Gasteiger partial charge in [-0.3, -0.25) is 4.79 Å². The van der Waals surface area contributed by atoms with E-state index in [9.17, 15) is 9.90 Å². The Bertz CT molecular complexity index is 439. The van der Waals surface area contributed by atoms with Gasteiger partial charge in [-0.15, -0.1) is 0 Å². The van der Waals surface area contributed by atoms with E-state index in [0.717, 1.165) is 0 Å². The highest BCUT2D eigenvalue weighted by molar-refractivity contribution is 6.30. The van der Waals surface area contributed by atoms with Crippen LogP contribution in [0.4, 0.5) is 0 Å². The number of benzene rings is 1. The normalized spacial score (nSPS) is 13.8. The molecule has 0 aliphatic carbocycles. The summed E-state index contributed by atoms with van der Waals surface area (Å²) in [4.78, 5) is 11.3. The van der Waals surface area contributed by atoms with Crippen LogP contribution in [0.1, 0.15) is 25.3 Å². The van der Waals surface area contributed by atoms with Crippen molar-refractivity contribution in [1.29, 1.82) is 5.26 Å². The number of aliphatic carboxylic acids is 1. The molecule has 1 atom stereocenters. The minimum atomic E-state index is -1.05. The Kier molecular flexibility index (Phi) is 3.92. The Labute approximate surface area is 99.3 Å². The van der Waals surface area contributed by atoms with Gasteiger partial charge in [-0.25, -0.2) is 0 Å². The molecular formula is C12H12ClNO2. The number of nitrogens with zero attached hydrogens (tertiary/aromatic N) is 1. The van der Waals surface area contributed by atoms with Crippen molar-refractivity contribution < 1.29 is 9.90 Å². The molecule has 0 fully saturated rings. The second-order valence-corrected chi connectivity index (χ2v) is 4.24. The number of nitriles is 1. The number of carbonyl (C=O) groups is 1. The first-order chi connectivity index (χ1) is 7.50. The number of carboxylic acids is 1. The Balaban J connectivity index is 3.12. The molecule has 0 saturated heterocycles. The fraction of sp³-hybridized carbons (Fsp3) is 0.333. The molecule has 0 saturated carbocycles. The molecule has 16 heavy (non-hydrogen) atoms. The van der Waals surface area contributed by atoms with Gasteiger partial charge >= 0.3 is 5.97 Å². The van der Waals surface area contributed by atoms with Gasteiger partial charge in [0.15, 0.2) is 0 Å². The van der Waals surface area contributed by atoms with Gasteiger partial charge in [-0.05, 0) is 31.0 Å². The third kappa shape index (κ3) is 2.53. The molecule has 0 heterocycles. The maximum Gasteiger partial charge on any atom is 0.313 e. The van der Waals surface area contributed by atoms with Gasteiger partial charge in [0.05, 0.1) is 11.5 Å². The molecule has 0 radical (unpaired) electrons. The third-order valence-corrected chi connectivity index (χ3v) is 2.91. The standard InChI is InChI=1S/C12H12ClNO2/c1-12(11(15)16,6-3-7-14)9-4-2-5-10(13)8-9/h2,4-5,8H,3,6H2,1H3,(H,15,16). The van der Waals surface area contributed by atoms with Crippen LogP contribution in [0.15, 0.2) is 24.3 Å².